The van der Waals surface area contributed by atoms with Gasteiger partial charge in [0.15, 0.2) is 0 Å². The molecule has 8 heteroatoms. The number of aliphatic hydroxyl groups is 1. The molecular weight excluding hydrogens is 300 g/mol. The number of hydrogen-bond donors (Lipinski definition) is 3. The number of benzene rings is 1. The number of nitro benzene ring substituents is 1. The first kappa shape index (κ1) is 17.2. The fourth-order valence-electron chi connectivity index (χ4n) is 1.46. The smallest absolute Gasteiger partial charge is 0.338 e. The second-order valence-corrected chi connectivity index (χ2v) is 6.13. The maximum Gasteiger partial charge on any atom is 0.338 e. The van der Waals surface area contributed by atoms with Crippen molar-refractivity contribution in [2.24, 2.45) is 0 Å². The highest BCUT2D eigenvalue weighted by atomic mass is 35.5. The SMILES string of the molecule is CC(C)(O)C(C)(C)Nc1c(Cl)cc([N+](=O)[O-])cc1C(=O)O. The summed E-state index contributed by atoms with van der Waals surface area (Å²) in [5, 5.41) is 32.9. The molecule has 3 N–H and O–H groups in total. The minimum absolute atomic E-state index is 0.0295. The highest BCUT2D eigenvalue weighted by Crippen LogP contribution is 2.35. The van der Waals surface area contributed by atoms with E-state index in [0.29, 0.717) is 0 Å². The van der Waals surface area contributed by atoms with Crippen LogP contribution in [0.15, 0.2) is 12.1 Å². The van der Waals surface area contributed by atoms with Crippen LogP contribution in [0.3, 0.4) is 0 Å². The molecule has 0 spiro atoms. The van der Waals surface area contributed by atoms with Crippen LogP contribution in [0.2, 0.25) is 5.02 Å². The van der Waals surface area contributed by atoms with Crippen molar-refractivity contribution in [1.82, 2.24) is 0 Å². The summed E-state index contributed by atoms with van der Waals surface area (Å²) in [7, 11) is 0. The first-order chi connectivity index (χ1) is 9.36. The van der Waals surface area contributed by atoms with E-state index >= 15 is 0 Å². The molecule has 0 heterocycles. The molecule has 0 amide bonds. The molecule has 0 radical (unpaired) electrons. The number of non-ortho nitro benzene ring substituents is 1. The third-order valence-electron chi connectivity index (χ3n) is 3.48. The molecular formula is C13H17ClN2O5. The number of nitrogens with zero attached hydrogens (tertiary/aromatic N) is 1. The number of carboxylic acid groups (broad SMARTS) is 1. The average Bonchev–Trinajstić information content (AvgIpc) is 2.28. The Morgan fingerprint density at radius 1 is 1.33 bits per heavy atom. The zero-order valence-electron chi connectivity index (χ0n) is 12.1. The van der Waals surface area contributed by atoms with Crippen molar-refractivity contribution in [2.75, 3.05) is 5.32 Å². The van der Waals surface area contributed by atoms with E-state index in [9.17, 15) is 25.1 Å². The maximum absolute atomic E-state index is 11.3. The number of anilines is 1. The van der Waals surface area contributed by atoms with E-state index in [-0.39, 0.29) is 16.3 Å². The van der Waals surface area contributed by atoms with E-state index in [1.54, 1.807) is 27.7 Å². The molecule has 0 fully saturated rings. The summed E-state index contributed by atoms with van der Waals surface area (Å²) in [5.74, 6) is -1.35. The lowest BCUT2D eigenvalue weighted by molar-refractivity contribution is -0.384. The Hall–Kier alpha value is -1.86. The molecule has 0 aliphatic carbocycles. The summed E-state index contributed by atoms with van der Waals surface area (Å²) in [6.07, 6.45) is 0. The lowest BCUT2D eigenvalue weighted by atomic mass is 9.85. The molecule has 7 nitrogen and oxygen atoms in total. The van der Waals surface area contributed by atoms with Crippen LogP contribution in [-0.4, -0.2) is 32.2 Å². The van der Waals surface area contributed by atoms with E-state index in [1.807, 2.05) is 0 Å². The summed E-state index contributed by atoms with van der Waals surface area (Å²) in [6.45, 7) is 6.44. The molecule has 0 saturated heterocycles. The third-order valence-corrected chi connectivity index (χ3v) is 3.78. The minimum Gasteiger partial charge on any atom is -0.478 e. The van der Waals surface area contributed by atoms with Crippen LogP contribution in [0, 0.1) is 10.1 Å². The van der Waals surface area contributed by atoms with Crippen molar-refractivity contribution in [3.05, 3.63) is 32.8 Å². The average molecular weight is 317 g/mol. The number of nitro groups is 1. The number of hydrogen-bond acceptors (Lipinski definition) is 5. The highest BCUT2D eigenvalue weighted by Gasteiger charge is 2.36. The predicted molar refractivity (Wildman–Crippen MR) is 79.1 cm³/mol. The zero-order chi connectivity index (χ0) is 16.6. The van der Waals surface area contributed by atoms with Crippen LogP contribution in [0.1, 0.15) is 38.1 Å². The van der Waals surface area contributed by atoms with Gasteiger partial charge in [0.2, 0.25) is 0 Å². The van der Waals surface area contributed by atoms with Gasteiger partial charge in [-0.2, -0.15) is 0 Å². The third kappa shape index (κ3) is 3.62. The van der Waals surface area contributed by atoms with Gasteiger partial charge in [-0.25, -0.2) is 4.79 Å². The van der Waals surface area contributed by atoms with Crippen LogP contribution in [0.25, 0.3) is 0 Å². The molecule has 0 aliphatic rings. The van der Waals surface area contributed by atoms with Gasteiger partial charge in [0.25, 0.3) is 5.69 Å². The Bertz CT molecular complexity index is 593. The van der Waals surface area contributed by atoms with Crippen molar-refractivity contribution < 1.29 is 19.9 Å². The molecule has 0 aliphatic heterocycles. The maximum atomic E-state index is 11.3. The van der Waals surface area contributed by atoms with Gasteiger partial charge in [0.05, 0.1) is 32.3 Å². The molecule has 1 aromatic carbocycles. The van der Waals surface area contributed by atoms with E-state index in [1.165, 1.54) is 0 Å². The molecule has 116 valence electrons. The van der Waals surface area contributed by atoms with Crippen molar-refractivity contribution in [2.45, 2.75) is 38.8 Å². The molecule has 0 saturated carbocycles. The Balaban J connectivity index is 3.43. The van der Waals surface area contributed by atoms with Gasteiger partial charge in [0, 0.05) is 12.1 Å². The lowest BCUT2D eigenvalue weighted by Crippen LogP contribution is -2.51. The quantitative estimate of drug-likeness (QED) is 0.568. The molecule has 0 atom stereocenters. The normalized spacial score (nSPS) is 12.1. The van der Waals surface area contributed by atoms with Crippen molar-refractivity contribution in [3.63, 3.8) is 0 Å². The molecule has 0 bridgehead atoms. The Morgan fingerprint density at radius 2 is 1.86 bits per heavy atom. The molecule has 0 aromatic heterocycles. The summed E-state index contributed by atoms with van der Waals surface area (Å²) in [5.41, 5.74) is -2.82. The number of rotatable bonds is 5. The number of halogens is 1. The monoisotopic (exact) mass is 316 g/mol. The van der Waals surface area contributed by atoms with Gasteiger partial charge in [-0.3, -0.25) is 10.1 Å². The fourth-order valence-corrected chi connectivity index (χ4v) is 1.72. The standard InChI is InChI=1S/C13H17ClN2O5/c1-12(2,13(3,4)19)15-10-8(11(17)18)5-7(16(20)21)6-9(10)14/h5-6,15,19H,1-4H3,(H,17,18). The Kier molecular flexibility index (Phi) is 4.50. The van der Waals surface area contributed by atoms with Gasteiger partial charge >= 0.3 is 5.97 Å². The second-order valence-electron chi connectivity index (χ2n) is 5.72. The molecule has 0 unspecified atom stereocenters. The highest BCUT2D eigenvalue weighted by molar-refractivity contribution is 6.34. The number of aromatic carboxylic acids is 1. The number of nitrogens with one attached hydrogen (secondary N) is 1. The van der Waals surface area contributed by atoms with Crippen molar-refractivity contribution in [3.8, 4) is 0 Å². The summed E-state index contributed by atoms with van der Waals surface area (Å²) < 4.78 is 0. The van der Waals surface area contributed by atoms with Gasteiger partial charge in [0.1, 0.15) is 0 Å². The fraction of sp³-hybridized carbons (Fsp3) is 0.462. The molecule has 1 aromatic rings. The second kappa shape index (κ2) is 5.50. The number of carbonyl (C=O) groups is 1. The lowest BCUT2D eigenvalue weighted by Gasteiger charge is -2.39. The summed E-state index contributed by atoms with van der Waals surface area (Å²) in [6, 6.07) is 1.99. The summed E-state index contributed by atoms with van der Waals surface area (Å²) >= 11 is 5.97. The van der Waals surface area contributed by atoms with Gasteiger partial charge < -0.3 is 15.5 Å². The van der Waals surface area contributed by atoms with Crippen LogP contribution < -0.4 is 5.32 Å². The van der Waals surface area contributed by atoms with Crippen molar-refractivity contribution in [1.29, 1.82) is 0 Å². The van der Waals surface area contributed by atoms with Crippen LogP contribution >= 0.6 is 11.6 Å². The first-order valence-electron chi connectivity index (χ1n) is 6.08. The Labute approximate surface area is 126 Å². The van der Waals surface area contributed by atoms with Gasteiger partial charge in [-0.1, -0.05) is 11.6 Å². The van der Waals surface area contributed by atoms with Crippen LogP contribution in [0.4, 0.5) is 11.4 Å². The number of carboxylic acids is 1. The Morgan fingerprint density at radius 3 is 2.24 bits per heavy atom. The van der Waals surface area contributed by atoms with Crippen LogP contribution in [-0.2, 0) is 0 Å². The van der Waals surface area contributed by atoms with E-state index < -0.39 is 27.7 Å². The topological polar surface area (TPSA) is 113 Å². The van der Waals surface area contributed by atoms with E-state index in [2.05, 4.69) is 5.32 Å². The molecule has 21 heavy (non-hydrogen) atoms. The molecule has 1 rings (SSSR count). The zero-order valence-corrected chi connectivity index (χ0v) is 12.9. The van der Waals surface area contributed by atoms with E-state index in [0.717, 1.165) is 12.1 Å². The van der Waals surface area contributed by atoms with E-state index in [4.69, 9.17) is 11.6 Å². The van der Waals surface area contributed by atoms with Gasteiger partial charge in [-0.05, 0) is 27.7 Å². The van der Waals surface area contributed by atoms with Gasteiger partial charge in [-0.15, -0.1) is 0 Å². The minimum atomic E-state index is -1.35. The summed E-state index contributed by atoms with van der Waals surface area (Å²) in [4.78, 5) is 21.4. The predicted octanol–water partition coefficient (Wildman–Crippen LogP) is 2.91. The first-order valence-corrected chi connectivity index (χ1v) is 6.46. The largest absolute Gasteiger partial charge is 0.478 e. The van der Waals surface area contributed by atoms with Crippen LogP contribution in [0.5, 0.6) is 0 Å². The van der Waals surface area contributed by atoms with Crippen molar-refractivity contribution >= 4 is 28.9 Å².